The first-order chi connectivity index (χ1) is 7.71. The molecule has 0 aliphatic rings. The predicted molar refractivity (Wildman–Crippen MR) is 69.7 cm³/mol. The summed E-state index contributed by atoms with van der Waals surface area (Å²) in [6.07, 6.45) is 0. The maximum Gasteiger partial charge on any atom is 0.261 e. The van der Waals surface area contributed by atoms with Crippen LogP contribution in [0.3, 0.4) is 0 Å². The number of primary amides is 1. The number of carbonyl (C=O) groups is 1. The summed E-state index contributed by atoms with van der Waals surface area (Å²) in [5.74, 6) is -0.460. The molecule has 0 fully saturated rings. The summed E-state index contributed by atoms with van der Waals surface area (Å²) in [6.45, 7) is 6.24. The fraction of sp³-hybridized carbons (Fsp3) is 0.545. The molecule has 17 heavy (non-hydrogen) atoms. The third kappa shape index (κ3) is 3.52. The Balaban J connectivity index is 3.19. The molecular weight excluding hydrogens is 236 g/mol. The van der Waals surface area contributed by atoms with Gasteiger partial charge in [0.15, 0.2) is 0 Å². The van der Waals surface area contributed by atoms with E-state index in [9.17, 15) is 4.79 Å². The van der Waals surface area contributed by atoms with Crippen molar-refractivity contribution in [3.8, 4) is 0 Å². The zero-order valence-electron chi connectivity index (χ0n) is 10.8. The largest absolute Gasteiger partial charge is 0.365 e. The molecule has 1 aromatic rings. The van der Waals surface area contributed by atoms with Crippen molar-refractivity contribution in [1.29, 1.82) is 0 Å². The molecule has 0 aromatic carbocycles. The SMILES string of the molecule is CN(C)N=Nc1cc(C(C)(C)C)sc1C(N)=O. The van der Waals surface area contributed by atoms with Gasteiger partial charge >= 0.3 is 0 Å². The van der Waals surface area contributed by atoms with Crippen molar-refractivity contribution in [3.05, 3.63) is 15.8 Å². The summed E-state index contributed by atoms with van der Waals surface area (Å²) in [5.41, 5.74) is 5.85. The van der Waals surface area contributed by atoms with Crippen LogP contribution in [-0.2, 0) is 5.41 Å². The van der Waals surface area contributed by atoms with Crippen molar-refractivity contribution >= 4 is 22.9 Å². The molecule has 0 spiro atoms. The maximum atomic E-state index is 11.3. The van der Waals surface area contributed by atoms with E-state index < -0.39 is 5.91 Å². The Kier molecular flexibility index (Phi) is 3.87. The van der Waals surface area contributed by atoms with Crippen LogP contribution in [0.25, 0.3) is 0 Å². The van der Waals surface area contributed by atoms with Crippen LogP contribution in [0.2, 0.25) is 0 Å². The van der Waals surface area contributed by atoms with Gasteiger partial charge in [0.05, 0.1) is 0 Å². The molecule has 1 heterocycles. The highest BCUT2D eigenvalue weighted by Crippen LogP contribution is 2.36. The molecule has 1 rings (SSSR count). The molecule has 0 aliphatic heterocycles. The van der Waals surface area contributed by atoms with E-state index in [1.807, 2.05) is 6.07 Å². The highest BCUT2D eigenvalue weighted by Gasteiger charge is 2.21. The third-order valence-electron chi connectivity index (χ3n) is 2.01. The Labute approximate surface area is 105 Å². The van der Waals surface area contributed by atoms with Crippen molar-refractivity contribution in [3.63, 3.8) is 0 Å². The van der Waals surface area contributed by atoms with E-state index in [4.69, 9.17) is 5.73 Å². The molecule has 0 saturated carbocycles. The van der Waals surface area contributed by atoms with Crippen LogP contribution in [0, 0.1) is 0 Å². The van der Waals surface area contributed by atoms with Crippen molar-refractivity contribution in [1.82, 2.24) is 5.01 Å². The van der Waals surface area contributed by atoms with Crippen molar-refractivity contribution in [2.24, 2.45) is 16.1 Å². The topological polar surface area (TPSA) is 71.1 Å². The average molecular weight is 254 g/mol. The van der Waals surface area contributed by atoms with Gasteiger partial charge in [0.2, 0.25) is 0 Å². The monoisotopic (exact) mass is 254 g/mol. The number of amides is 1. The second-order valence-corrected chi connectivity index (χ2v) is 6.03. The number of nitrogens with two attached hydrogens (primary N) is 1. The summed E-state index contributed by atoms with van der Waals surface area (Å²) in [4.78, 5) is 12.9. The lowest BCUT2D eigenvalue weighted by molar-refractivity contribution is 0.100. The van der Waals surface area contributed by atoms with Gasteiger partial charge in [-0.3, -0.25) is 9.80 Å². The van der Waals surface area contributed by atoms with Crippen LogP contribution >= 0.6 is 11.3 Å². The van der Waals surface area contributed by atoms with Crippen LogP contribution in [0.15, 0.2) is 16.4 Å². The smallest absolute Gasteiger partial charge is 0.261 e. The minimum atomic E-state index is -0.460. The second-order valence-electron chi connectivity index (χ2n) is 4.98. The molecule has 0 saturated heterocycles. The lowest BCUT2D eigenvalue weighted by atomic mass is 9.95. The summed E-state index contributed by atoms with van der Waals surface area (Å²) in [5, 5.41) is 9.48. The molecule has 94 valence electrons. The summed E-state index contributed by atoms with van der Waals surface area (Å²) < 4.78 is 0. The predicted octanol–water partition coefficient (Wildman–Crippen LogP) is 2.70. The molecule has 0 bridgehead atoms. The van der Waals surface area contributed by atoms with Gasteiger partial charge in [-0.05, 0) is 11.5 Å². The van der Waals surface area contributed by atoms with Gasteiger partial charge in [-0.15, -0.1) is 16.5 Å². The molecule has 0 atom stereocenters. The number of thiophene rings is 1. The first kappa shape index (κ1) is 13.6. The molecule has 2 N–H and O–H groups in total. The Bertz CT molecular complexity index is 443. The Morgan fingerprint density at radius 2 is 2.00 bits per heavy atom. The van der Waals surface area contributed by atoms with Crippen LogP contribution in [0.4, 0.5) is 5.69 Å². The normalized spacial score (nSPS) is 12.1. The van der Waals surface area contributed by atoms with Crippen molar-refractivity contribution in [2.75, 3.05) is 14.1 Å². The number of hydrogen-bond acceptors (Lipinski definition) is 4. The van der Waals surface area contributed by atoms with E-state index in [2.05, 4.69) is 31.1 Å². The molecular formula is C11H18N4OS. The van der Waals surface area contributed by atoms with Gasteiger partial charge < -0.3 is 5.73 Å². The zero-order valence-corrected chi connectivity index (χ0v) is 11.6. The minimum absolute atomic E-state index is 0.0270. The van der Waals surface area contributed by atoms with Gasteiger partial charge in [0, 0.05) is 19.0 Å². The van der Waals surface area contributed by atoms with E-state index in [0.29, 0.717) is 10.6 Å². The van der Waals surface area contributed by atoms with E-state index in [1.54, 1.807) is 19.1 Å². The van der Waals surface area contributed by atoms with Crippen LogP contribution in [-0.4, -0.2) is 25.0 Å². The molecule has 0 unspecified atom stereocenters. The highest BCUT2D eigenvalue weighted by atomic mass is 32.1. The van der Waals surface area contributed by atoms with Gasteiger partial charge in [0.25, 0.3) is 5.91 Å². The Hall–Kier alpha value is -1.43. The minimum Gasteiger partial charge on any atom is -0.365 e. The Morgan fingerprint density at radius 3 is 2.41 bits per heavy atom. The summed E-state index contributed by atoms with van der Waals surface area (Å²) in [7, 11) is 3.54. The van der Waals surface area contributed by atoms with E-state index in [1.165, 1.54) is 11.3 Å². The summed E-state index contributed by atoms with van der Waals surface area (Å²) >= 11 is 1.38. The standard InChI is InChI=1S/C11H18N4OS/c1-11(2,3)8-6-7(13-14-15(4)5)9(17-8)10(12)16/h6H,1-5H3,(H2,12,16). The first-order valence-electron chi connectivity index (χ1n) is 5.25. The summed E-state index contributed by atoms with van der Waals surface area (Å²) in [6, 6.07) is 1.87. The molecule has 1 amide bonds. The molecule has 6 heteroatoms. The molecule has 0 radical (unpaired) electrons. The van der Waals surface area contributed by atoms with Crippen LogP contribution in [0.5, 0.6) is 0 Å². The van der Waals surface area contributed by atoms with Gasteiger partial charge in [-0.2, -0.15) is 0 Å². The number of carbonyl (C=O) groups excluding carboxylic acids is 1. The van der Waals surface area contributed by atoms with Gasteiger partial charge in [0.1, 0.15) is 10.6 Å². The fourth-order valence-electron chi connectivity index (χ4n) is 1.14. The second kappa shape index (κ2) is 4.83. The zero-order chi connectivity index (χ0) is 13.2. The third-order valence-corrected chi connectivity index (χ3v) is 3.57. The van der Waals surface area contributed by atoms with Crippen LogP contribution < -0.4 is 5.73 Å². The maximum absolute atomic E-state index is 11.3. The quantitative estimate of drug-likeness (QED) is 0.665. The lowest BCUT2D eigenvalue weighted by Crippen LogP contribution is -2.09. The fourth-order valence-corrected chi connectivity index (χ4v) is 2.14. The van der Waals surface area contributed by atoms with Gasteiger partial charge in [-0.25, -0.2) is 0 Å². The van der Waals surface area contributed by atoms with Crippen molar-refractivity contribution in [2.45, 2.75) is 26.2 Å². The first-order valence-corrected chi connectivity index (χ1v) is 6.06. The van der Waals surface area contributed by atoms with Gasteiger partial charge in [-0.1, -0.05) is 26.0 Å². The molecule has 5 nitrogen and oxygen atoms in total. The number of nitrogens with zero attached hydrogens (tertiary/aromatic N) is 3. The molecule has 1 aromatic heterocycles. The van der Waals surface area contributed by atoms with E-state index in [0.717, 1.165) is 4.88 Å². The van der Waals surface area contributed by atoms with Crippen molar-refractivity contribution < 1.29 is 4.79 Å². The lowest BCUT2D eigenvalue weighted by Gasteiger charge is -2.14. The van der Waals surface area contributed by atoms with E-state index >= 15 is 0 Å². The molecule has 0 aliphatic carbocycles. The van der Waals surface area contributed by atoms with Crippen LogP contribution in [0.1, 0.15) is 35.3 Å². The number of rotatable bonds is 3. The Morgan fingerprint density at radius 1 is 1.41 bits per heavy atom. The highest BCUT2D eigenvalue weighted by molar-refractivity contribution is 7.14. The van der Waals surface area contributed by atoms with E-state index in [-0.39, 0.29) is 5.41 Å². The average Bonchev–Trinajstić information content (AvgIpc) is 2.57. The number of hydrogen-bond donors (Lipinski definition) is 1.